The summed E-state index contributed by atoms with van der Waals surface area (Å²) >= 11 is 1.87. The fourth-order valence-electron chi connectivity index (χ4n) is 2.52. The van der Waals surface area contributed by atoms with Crippen LogP contribution in [0, 0.1) is 5.92 Å². The van der Waals surface area contributed by atoms with Gasteiger partial charge in [0.25, 0.3) is 0 Å². The third-order valence-electron chi connectivity index (χ3n) is 3.64. The molecule has 2 aromatic rings. The minimum atomic E-state index is 0.840. The zero-order valence-corrected chi connectivity index (χ0v) is 11.0. The molecular formula is C14H18N2S. The van der Waals surface area contributed by atoms with Crippen LogP contribution in [0.25, 0.3) is 10.2 Å². The van der Waals surface area contributed by atoms with Crippen molar-refractivity contribution < 1.29 is 0 Å². The first kappa shape index (κ1) is 11.2. The molecule has 0 spiro atoms. The summed E-state index contributed by atoms with van der Waals surface area (Å²) in [4.78, 5) is 7.16. The Balaban J connectivity index is 1.72. The first-order valence-electron chi connectivity index (χ1n) is 6.34. The SMILES string of the molecule is CN1CCC(Cc2nc3ccccc3s2)CC1. The molecule has 2 heterocycles. The van der Waals surface area contributed by atoms with Crippen LogP contribution in [0.5, 0.6) is 0 Å². The summed E-state index contributed by atoms with van der Waals surface area (Å²) in [6.07, 6.45) is 3.83. The van der Waals surface area contributed by atoms with Gasteiger partial charge in [-0.05, 0) is 51.0 Å². The van der Waals surface area contributed by atoms with E-state index in [1.165, 1.54) is 47.6 Å². The van der Waals surface area contributed by atoms with E-state index in [9.17, 15) is 0 Å². The van der Waals surface area contributed by atoms with Gasteiger partial charge in [-0.1, -0.05) is 12.1 Å². The predicted molar refractivity (Wildman–Crippen MR) is 73.5 cm³/mol. The fraction of sp³-hybridized carbons (Fsp3) is 0.500. The third-order valence-corrected chi connectivity index (χ3v) is 4.70. The lowest BCUT2D eigenvalue weighted by molar-refractivity contribution is 0.219. The maximum Gasteiger partial charge on any atom is 0.0941 e. The molecule has 3 heteroatoms. The van der Waals surface area contributed by atoms with E-state index in [-0.39, 0.29) is 0 Å². The van der Waals surface area contributed by atoms with Gasteiger partial charge >= 0.3 is 0 Å². The van der Waals surface area contributed by atoms with E-state index in [1.54, 1.807) is 0 Å². The van der Waals surface area contributed by atoms with Gasteiger partial charge in [0.1, 0.15) is 0 Å². The van der Waals surface area contributed by atoms with Gasteiger partial charge in [0.15, 0.2) is 0 Å². The maximum absolute atomic E-state index is 4.73. The molecule has 17 heavy (non-hydrogen) atoms. The van der Waals surface area contributed by atoms with Crippen LogP contribution in [-0.4, -0.2) is 30.0 Å². The molecule has 0 saturated carbocycles. The zero-order valence-electron chi connectivity index (χ0n) is 10.2. The fourth-order valence-corrected chi connectivity index (χ4v) is 3.60. The van der Waals surface area contributed by atoms with Crippen molar-refractivity contribution in [3.05, 3.63) is 29.3 Å². The monoisotopic (exact) mass is 246 g/mol. The minimum absolute atomic E-state index is 0.840. The molecule has 0 N–H and O–H groups in total. The maximum atomic E-state index is 4.73. The van der Waals surface area contributed by atoms with Crippen molar-refractivity contribution in [2.45, 2.75) is 19.3 Å². The summed E-state index contributed by atoms with van der Waals surface area (Å²) in [7, 11) is 2.22. The van der Waals surface area contributed by atoms with Crippen LogP contribution in [-0.2, 0) is 6.42 Å². The first-order chi connectivity index (χ1) is 8.31. The number of hydrogen-bond donors (Lipinski definition) is 0. The number of nitrogens with zero attached hydrogens (tertiary/aromatic N) is 2. The van der Waals surface area contributed by atoms with Crippen LogP contribution in [0.4, 0.5) is 0 Å². The van der Waals surface area contributed by atoms with Crippen molar-refractivity contribution in [1.29, 1.82) is 0 Å². The van der Waals surface area contributed by atoms with Crippen molar-refractivity contribution in [1.82, 2.24) is 9.88 Å². The highest BCUT2D eigenvalue weighted by Gasteiger charge is 2.18. The van der Waals surface area contributed by atoms with Gasteiger partial charge in [-0.3, -0.25) is 0 Å². The number of fused-ring (bicyclic) bond motifs is 1. The number of rotatable bonds is 2. The van der Waals surface area contributed by atoms with Gasteiger partial charge in [0.05, 0.1) is 15.2 Å². The number of para-hydroxylation sites is 1. The van der Waals surface area contributed by atoms with E-state index in [4.69, 9.17) is 4.98 Å². The van der Waals surface area contributed by atoms with Crippen molar-refractivity contribution in [2.24, 2.45) is 5.92 Å². The van der Waals surface area contributed by atoms with Gasteiger partial charge in [0.2, 0.25) is 0 Å². The summed E-state index contributed by atoms with van der Waals surface area (Å²) < 4.78 is 1.33. The molecule has 2 nitrogen and oxygen atoms in total. The first-order valence-corrected chi connectivity index (χ1v) is 7.16. The summed E-state index contributed by atoms with van der Waals surface area (Å²) in [5.41, 5.74) is 1.17. The molecule has 0 bridgehead atoms. The van der Waals surface area contributed by atoms with Crippen LogP contribution in [0.3, 0.4) is 0 Å². The lowest BCUT2D eigenvalue weighted by atomic mass is 9.94. The third kappa shape index (κ3) is 2.50. The van der Waals surface area contributed by atoms with Crippen molar-refractivity contribution in [3.63, 3.8) is 0 Å². The molecule has 0 unspecified atom stereocenters. The molecule has 1 aliphatic rings. The normalized spacial score (nSPS) is 18.9. The van der Waals surface area contributed by atoms with Gasteiger partial charge in [0, 0.05) is 6.42 Å². The standard InChI is InChI=1S/C14H18N2S/c1-16-8-6-11(7-9-16)10-14-15-12-4-2-3-5-13(12)17-14/h2-5,11H,6-10H2,1H3. The van der Waals surface area contributed by atoms with Gasteiger partial charge in [-0.15, -0.1) is 11.3 Å². The van der Waals surface area contributed by atoms with E-state index in [1.807, 2.05) is 11.3 Å². The van der Waals surface area contributed by atoms with Gasteiger partial charge in [-0.25, -0.2) is 4.98 Å². The average Bonchev–Trinajstić information content (AvgIpc) is 2.74. The quantitative estimate of drug-likeness (QED) is 0.809. The summed E-state index contributed by atoms with van der Waals surface area (Å²) in [5.74, 6) is 0.840. The highest BCUT2D eigenvalue weighted by molar-refractivity contribution is 7.18. The Hall–Kier alpha value is -0.930. The Morgan fingerprint density at radius 3 is 2.82 bits per heavy atom. The molecule has 0 aliphatic carbocycles. The summed E-state index contributed by atoms with van der Waals surface area (Å²) in [5, 5.41) is 1.32. The lowest BCUT2D eigenvalue weighted by Crippen LogP contribution is -2.30. The highest BCUT2D eigenvalue weighted by atomic mass is 32.1. The molecule has 1 fully saturated rings. The van der Waals surface area contributed by atoms with Gasteiger partial charge in [-0.2, -0.15) is 0 Å². The molecule has 0 amide bonds. The van der Waals surface area contributed by atoms with Crippen molar-refractivity contribution in [2.75, 3.05) is 20.1 Å². The summed E-state index contributed by atoms with van der Waals surface area (Å²) in [6.45, 7) is 2.49. The number of benzene rings is 1. The molecule has 3 rings (SSSR count). The van der Waals surface area contributed by atoms with Crippen molar-refractivity contribution >= 4 is 21.6 Å². The Morgan fingerprint density at radius 1 is 1.29 bits per heavy atom. The Kier molecular flexibility index (Phi) is 3.12. The minimum Gasteiger partial charge on any atom is -0.306 e. The molecule has 1 aromatic heterocycles. The van der Waals surface area contributed by atoms with Crippen LogP contribution >= 0.6 is 11.3 Å². The molecule has 1 aromatic carbocycles. The van der Waals surface area contributed by atoms with E-state index in [0.717, 1.165) is 5.92 Å². The second kappa shape index (κ2) is 4.75. The second-order valence-electron chi connectivity index (χ2n) is 5.03. The molecule has 1 aliphatic heterocycles. The van der Waals surface area contributed by atoms with E-state index < -0.39 is 0 Å². The number of thiazole rings is 1. The topological polar surface area (TPSA) is 16.1 Å². The molecule has 0 atom stereocenters. The Labute approximate surface area is 106 Å². The number of piperidine rings is 1. The number of hydrogen-bond acceptors (Lipinski definition) is 3. The van der Waals surface area contributed by atoms with E-state index in [2.05, 4.69) is 36.2 Å². The molecule has 0 radical (unpaired) electrons. The smallest absolute Gasteiger partial charge is 0.0941 e. The lowest BCUT2D eigenvalue weighted by Gasteiger charge is -2.28. The van der Waals surface area contributed by atoms with Crippen LogP contribution in [0.1, 0.15) is 17.8 Å². The molecular weight excluding hydrogens is 228 g/mol. The van der Waals surface area contributed by atoms with Crippen LogP contribution in [0.15, 0.2) is 24.3 Å². The predicted octanol–water partition coefficient (Wildman–Crippen LogP) is 3.18. The Morgan fingerprint density at radius 2 is 2.06 bits per heavy atom. The van der Waals surface area contributed by atoms with E-state index in [0.29, 0.717) is 0 Å². The number of likely N-dealkylation sites (tertiary alicyclic amines) is 1. The highest BCUT2D eigenvalue weighted by Crippen LogP contribution is 2.27. The second-order valence-corrected chi connectivity index (χ2v) is 6.14. The number of aromatic nitrogens is 1. The van der Waals surface area contributed by atoms with Crippen LogP contribution < -0.4 is 0 Å². The van der Waals surface area contributed by atoms with Gasteiger partial charge < -0.3 is 4.90 Å². The zero-order chi connectivity index (χ0) is 11.7. The Bertz CT molecular complexity index is 465. The molecule has 1 saturated heterocycles. The van der Waals surface area contributed by atoms with E-state index >= 15 is 0 Å². The van der Waals surface area contributed by atoms with Crippen molar-refractivity contribution in [3.8, 4) is 0 Å². The average molecular weight is 246 g/mol. The summed E-state index contributed by atoms with van der Waals surface area (Å²) in [6, 6.07) is 8.45. The largest absolute Gasteiger partial charge is 0.306 e. The molecule has 90 valence electrons. The van der Waals surface area contributed by atoms with Crippen LogP contribution in [0.2, 0.25) is 0 Å².